The highest BCUT2D eigenvalue weighted by atomic mass is 16.5. The predicted octanol–water partition coefficient (Wildman–Crippen LogP) is 15.5. The number of aromatic nitrogens is 1. The molecule has 58 heavy (non-hydrogen) atoms. The summed E-state index contributed by atoms with van der Waals surface area (Å²) in [6.45, 7) is 4.56. The molecule has 1 aliphatic rings. The van der Waals surface area contributed by atoms with Gasteiger partial charge < -0.3 is 4.74 Å². The van der Waals surface area contributed by atoms with Gasteiger partial charge in [0.1, 0.15) is 11.4 Å². The van der Waals surface area contributed by atoms with Gasteiger partial charge in [-0.3, -0.25) is 4.98 Å². The molecule has 0 atom stereocenters. The molecule has 2 heteroatoms. The Morgan fingerprint density at radius 1 is 0.345 bits per heavy atom. The molecule has 12 rings (SSSR count). The van der Waals surface area contributed by atoms with Crippen LogP contribution in [-0.4, -0.2) is 4.98 Å². The second-order valence-electron chi connectivity index (χ2n) is 16.2. The number of fused-ring (bicyclic) bond motifs is 18. The molecule has 0 radical (unpaired) electrons. The second kappa shape index (κ2) is 12.4. The van der Waals surface area contributed by atoms with Gasteiger partial charge in [0.25, 0.3) is 0 Å². The summed E-state index contributed by atoms with van der Waals surface area (Å²) < 4.78 is 6.74. The molecule has 2 heterocycles. The first kappa shape index (κ1) is 32.9. The third-order valence-electron chi connectivity index (χ3n) is 12.8. The topological polar surface area (TPSA) is 22.1 Å². The second-order valence-corrected chi connectivity index (χ2v) is 16.2. The SMILES string of the molecule is CC1(C)c2ccccc2Oc2c1ccnc2-c1ccc2c3ccccc3c3cc4c5ccccc5c5ccccc5c5ccccc5c4cc3c3ccccc3c2c1. The van der Waals surface area contributed by atoms with Gasteiger partial charge in [-0.05, 0) is 117 Å². The van der Waals surface area contributed by atoms with Gasteiger partial charge in [-0.1, -0.05) is 166 Å². The normalized spacial score (nSPS) is 13.3. The van der Waals surface area contributed by atoms with Crippen molar-refractivity contribution >= 4 is 86.2 Å². The van der Waals surface area contributed by atoms with Crippen molar-refractivity contribution in [1.29, 1.82) is 0 Å². The van der Waals surface area contributed by atoms with E-state index in [1.54, 1.807) is 0 Å². The first-order valence-electron chi connectivity index (χ1n) is 20.1. The lowest BCUT2D eigenvalue weighted by atomic mass is 9.75. The number of para-hydroxylation sites is 1. The van der Waals surface area contributed by atoms with E-state index in [1.165, 1.54) is 91.7 Å². The number of benzene rings is 8. The molecule has 11 aromatic rings. The summed E-state index contributed by atoms with van der Waals surface area (Å²) in [5.74, 6) is 1.72. The Kier molecular flexibility index (Phi) is 7.01. The zero-order valence-corrected chi connectivity index (χ0v) is 32.3. The molecule has 0 spiro atoms. The molecule has 0 amide bonds. The van der Waals surface area contributed by atoms with Crippen LogP contribution in [0.15, 0.2) is 188 Å². The minimum Gasteiger partial charge on any atom is -0.454 e. The summed E-state index contributed by atoms with van der Waals surface area (Å²) in [4.78, 5) is 5.02. The van der Waals surface area contributed by atoms with E-state index < -0.39 is 0 Å². The Morgan fingerprint density at radius 3 is 1.16 bits per heavy atom. The van der Waals surface area contributed by atoms with E-state index in [4.69, 9.17) is 9.72 Å². The standard InChI is InChI=1S/C56H37NO/c1-56(2)51-25-13-14-26-53(51)58-55-52(56)29-30-57-54(55)34-27-28-45-39-19-7-10-22-42(39)49-32-47-40-20-8-5-17-37(40)35-15-3-4-16-36(35)38-18-6-9-21-41(38)48(47)33-50(49)44-24-12-11-23-43(44)46(45)31-34/h3-33H,1-2H3. The number of rotatable bonds is 1. The summed E-state index contributed by atoms with van der Waals surface area (Å²) in [6, 6.07) is 66.9. The smallest absolute Gasteiger partial charge is 0.157 e. The van der Waals surface area contributed by atoms with Crippen molar-refractivity contribution in [3.8, 4) is 22.8 Å². The Morgan fingerprint density at radius 2 is 0.707 bits per heavy atom. The highest BCUT2D eigenvalue weighted by Crippen LogP contribution is 2.51. The Hall–Kier alpha value is -7.29. The number of ether oxygens (including phenoxy) is 1. The fourth-order valence-corrected chi connectivity index (χ4v) is 9.98. The Balaban J connectivity index is 1.25. The van der Waals surface area contributed by atoms with Crippen LogP contribution in [0.2, 0.25) is 0 Å². The minimum atomic E-state index is -0.237. The molecule has 0 unspecified atom stereocenters. The third-order valence-corrected chi connectivity index (χ3v) is 12.8. The van der Waals surface area contributed by atoms with Gasteiger partial charge in [-0.15, -0.1) is 0 Å². The maximum atomic E-state index is 6.74. The molecule has 1 aliphatic heterocycles. The van der Waals surface area contributed by atoms with Crippen molar-refractivity contribution in [3.05, 3.63) is 199 Å². The lowest BCUT2D eigenvalue weighted by Crippen LogP contribution is -2.24. The van der Waals surface area contributed by atoms with Gasteiger partial charge in [0.2, 0.25) is 0 Å². The van der Waals surface area contributed by atoms with E-state index in [9.17, 15) is 0 Å². The van der Waals surface area contributed by atoms with Gasteiger partial charge in [0.05, 0.1) is 0 Å². The van der Waals surface area contributed by atoms with Crippen LogP contribution in [0.25, 0.3) is 97.4 Å². The average molecular weight is 740 g/mol. The summed E-state index contributed by atoms with van der Waals surface area (Å²) in [6.07, 6.45) is 1.94. The van der Waals surface area contributed by atoms with Crippen LogP contribution in [0.5, 0.6) is 11.5 Å². The number of nitrogens with zero attached hydrogens (tertiary/aromatic N) is 1. The fraction of sp³-hybridized carbons (Fsp3) is 0.0536. The van der Waals surface area contributed by atoms with Crippen molar-refractivity contribution in [2.75, 3.05) is 0 Å². The van der Waals surface area contributed by atoms with E-state index in [2.05, 4.69) is 190 Å². The fourth-order valence-electron chi connectivity index (χ4n) is 9.98. The van der Waals surface area contributed by atoms with Crippen LogP contribution in [0.1, 0.15) is 25.0 Å². The van der Waals surface area contributed by atoms with Crippen LogP contribution in [-0.2, 0) is 5.41 Å². The first-order chi connectivity index (χ1) is 28.5. The average Bonchev–Trinajstić information content (AvgIpc) is 3.27. The molecule has 0 saturated heterocycles. The van der Waals surface area contributed by atoms with Crippen LogP contribution in [0.3, 0.4) is 0 Å². The van der Waals surface area contributed by atoms with Crippen molar-refractivity contribution in [2.45, 2.75) is 19.3 Å². The zero-order chi connectivity index (χ0) is 38.5. The number of pyridine rings is 1. The summed E-state index contributed by atoms with van der Waals surface area (Å²) in [5, 5.41) is 19.6. The summed E-state index contributed by atoms with van der Waals surface area (Å²) in [7, 11) is 0. The van der Waals surface area contributed by atoms with Crippen LogP contribution < -0.4 is 4.74 Å². The highest BCUT2D eigenvalue weighted by Gasteiger charge is 2.35. The van der Waals surface area contributed by atoms with E-state index in [0.29, 0.717) is 0 Å². The number of hydrogen-bond acceptors (Lipinski definition) is 2. The molecule has 0 N–H and O–H groups in total. The molecule has 272 valence electrons. The van der Waals surface area contributed by atoms with Crippen molar-refractivity contribution < 1.29 is 4.74 Å². The monoisotopic (exact) mass is 739 g/mol. The lowest BCUT2D eigenvalue weighted by molar-refractivity contribution is 0.417. The molecular weight excluding hydrogens is 703 g/mol. The first-order valence-corrected chi connectivity index (χ1v) is 20.1. The van der Waals surface area contributed by atoms with Gasteiger partial charge in [0.15, 0.2) is 5.75 Å². The minimum absolute atomic E-state index is 0.237. The molecule has 0 aliphatic carbocycles. The van der Waals surface area contributed by atoms with Crippen LogP contribution in [0.4, 0.5) is 0 Å². The molecule has 0 bridgehead atoms. The highest BCUT2D eigenvalue weighted by molar-refractivity contribution is 6.32. The van der Waals surface area contributed by atoms with E-state index in [1.807, 2.05) is 12.3 Å². The van der Waals surface area contributed by atoms with Crippen molar-refractivity contribution in [1.82, 2.24) is 4.98 Å². The molecule has 10 aromatic carbocycles. The van der Waals surface area contributed by atoms with Crippen LogP contribution >= 0.6 is 0 Å². The maximum Gasteiger partial charge on any atom is 0.157 e. The molecule has 1 aromatic heterocycles. The molecule has 0 fully saturated rings. The third kappa shape index (κ3) is 4.69. The Bertz CT molecular complexity index is 3630. The van der Waals surface area contributed by atoms with Gasteiger partial charge in [-0.2, -0.15) is 0 Å². The van der Waals surface area contributed by atoms with Gasteiger partial charge in [-0.25, -0.2) is 0 Å². The van der Waals surface area contributed by atoms with Gasteiger partial charge >= 0.3 is 0 Å². The van der Waals surface area contributed by atoms with Gasteiger partial charge in [0, 0.05) is 28.3 Å². The molecule has 0 saturated carbocycles. The lowest BCUT2D eigenvalue weighted by Gasteiger charge is -2.35. The summed E-state index contributed by atoms with van der Waals surface area (Å²) >= 11 is 0. The van der Waals surface area contributed by atoms with E-state index >= 15 is 0 Å². The van der Waals surface area contributed by atoms with E-state index in [-0.39, 0.29) is 5.41 Å². The zero-order valence-electron chi connectivity index (χ0n) is 32.3. The van der Waals surface area contributed by atoms with Crippen molar-refractivity contribution in [3.63, 3.8) is 0 Å². The van der Waals surface area contributed by atoms with Crippen molar-refractivity contribution in [2.24, 2.45) is 0 Å². The quantitative estimate of drug-likeness (QED) is 0.167. The van der Waals surface area contributed by atoms with E-state index in [0.717, 1.165) is 28.3 Å². The molecular formula is C56H37NO. The summed E-state index contributed by atoms with van der Waals surface area (Å²) in [5.41, 5.74) is 3.97. The van der Waals surface area contributed by atoms with Crippen LogP contribution in [0, 0.1) is 0 Å². The number of hydrogen-bond donors (Lipinski definition) is 0. The largest absolute Gasteiger partial charge is 0.454 e. The predicted molar refractivity (Wildman–Crippen MR) is 246 cm³/mol. The Labute approximate surface area is 335 Å². The molecule has 2 nitrogen and oxygen atoms in total. The maximum absolute atomic E-state index is 6.74.